The number of aromatic nitrogens is 2. The van der Waals surface area contributed by atoms with Gasteiger partial charge in [0.05, 0.1) is 22.9 Å². The number of benzene rings is 1. The van der Waals surface area contributed by atoms with E-state index in [2.05, 4.69) is 49.0 Å². The average molecular weight is 548 g/mol. The molecule has 1 fully saturated rings. The summed E-state index contributed by atoms with van der Waals surface area (Å²) in [5.41, 5.74) is 4.69. The number of urea groups is 1. The molecule has 0 bridgehead atoms. The topological polar surface area (TPSA) is 106 Å². The van der Waals surface area contributed by atoms with Crippen molar-refractivity contribution in [2.24, 2.45) is 0 Å². The first-order chi connectivity index (χ1) is 19.1. The Kier molecular flexibility index (Phi) is 9.20. The second kappa shape index (κ2) is 13.2. The number of anilines is 1. The number of hydrogen-bond acceptors (Lipinski definition) is 8. The Morgan fingerprint density at radius 2 is 1.90 bits per heavy atom. The third-order valence-electron chi connectivity index (χ3n) is 7.30. The normalized spacial score (nSPS) is 17.0. The molecule has 3 aromatic rings. The van der Waals surface area contributed by atoms with Crippen LogP contribution >= 0.6 is 11.3 Å². The van der Waals surface area contributed by atoms with Crippen molar-refractivity contribution >= 4 is 39.0 Å². The summed E-state index contributed by atoms with van der Waals surface area (Å²) in [5.74, 6) is 0.752. The number of carbonyl (C=O) groups excluding carboxylic acids is 1. The first-order valence-electron chi connectivity index (χ1n) is 13.6. The van der Waals surface area contributed by atoms with E-state index in [4.69, 9.17) is 0 Å². The van der Waals surface area contributed by atoms with Crippen LogP contribution in [0.15, 0.2) is 60.5 Å². The number of likely N-dealkylation sites (N-methyl/N-ethyl adjacent to an activating group) is 1. The van der Waals surface area contributed by atoms with Crippen LogP contribution in [0.25, 0.3) is 15.8 Å². The Morgan fingerprint density at radius 1 is 1.08 bits per heavy atom. The third-order valence-corrected chi connectivity index (χ3v) is 8.50. The standard InChI is InChI=1S/C29H37N7O2S/c1-30-11-12-31-29(38)36-15-13-35(14-16-36)18-21-7-9-23(10-8-21)26-17-24-27(39-26)28(33-20-32-24)34-25(19-37)22-5-3-2-4-6-22/h2-7,9,17,20,25,30,37H,8,10-16,18-19H2,1H3,(H,31,38)(H,32,33,34). The second-order valence-corrected chi connectivity index (χ2v) is 11.0. The van der Waals surface area contributed by atoms with Crippen molar-refractivity contribution in [2.75, 3.05) is 64.8 Å². The van der Waals surface area contributed by atoms with Gasteiger partial charge in [-0.3, -0.25) is 4.90 Å². The van der Waals surface area contributed by atoms with Crippen molar-refractivity contribution in [3.8, 4) is 0 Å². The number of thiophene rings is 1. The molecule has 1 atom stereocenters. The van der Waals surface area contributed by atoms with Gasteiger partial charge in [0, 0.05) is 50.7 Å². The van der Waals surface area contributed by atoms with Crippen LogP contribution in [0, 0.1) is 0 Å². The number of aliphatic hydroxyl groups excluding tert-OH is 1. The fourth-order valence-electron chi connectivity index (χ4n) is 5.02. The molecule has 206 valence electrons. The highest BCUT2D eigenvalue weighted by molar-refractivity contribution is 7.20. The molecule has 1 aliphatic heterocycles. The molecule has 2 amide bonds. The monoisotopic (exact) mass is 547 g/mol. The molecule has 3 heterocycles. The second-order valence-electron chi connectivity index (χ2n) is 9.95. The highest BCUT2D eigenvalue weighted by Gasteiger charge is 2.22. The zero-order valence-corrected chi connectivity index (χ0v) is 23.2. The first kappa shape index (κ1) is 27.3. The van der Waals surface area contributed by atoms with Crippen molar-refractivity contribution in [2.45, 2.75) is 18.9 Å². The van der Waals surface area contributed by atoms with E-state index in [-0.39, 0.29) is 18.7 Å². The molecule has 2 aliphatic rings. The van der Waals surface area contributed by atoms with Crippen LogP contribution < -0.4 is 16.0 Å². The molecular formula is C29H37N7O2S. The van der Waals surface area contributed by atoms with E-state index in [1.807, 2.05) is 42.3 Å². The maximum Gasteiger partial charge on any atom is 0.317 e. The molecular weight excluding hydrogens is 510 g/mol. The fourth-order valence-corrected chi connectivity index (χ4v) is 6.14. The van der Waals surface area contributed by atoms with E-state index >= 15 is 0 Å². The molecule has 5 rings (SSSR count). The fraction of sp³-hybridized carbons (Fsp3) is 0.414. The molecule has 1 aromatic carbocycles. The number of piperazine rings is 1. The van der Waals surface area contributed by atoms with E-state index in [0.29, 0.717) is 6.54 Å². The van der Waals surface area contributed by atoms with Gasteiger partial charge in [-0.2, -0.15) is 0 Å². The van der Waals surface area contributed by atoms with Crippen LogP contribution in [-0.2, 0) is 0 Å². The van der Waals surface area contributed by atoms with Crippen molar-refractivity contribution < 1.29 is 9.90 Å². The lowest BCUT2D eigenvalue weighted by atomic mass is 9.97. The molecule has 0 spiro atoms. The van der Waals surface area contributed by atoms with Crippen LogP contribution in [0.2, 0.25) is 0 Å². The van der Waals surface area contributed by atoms with E-state index in [1.54, 1.807) is 17.7 Å². The van der Waals surface area contributed by atoms with E-state index in [1.165, 1.54) is 16.0 Å². The van der Waals surface area contributed by atoms with Crippen molar-refractivity contribution in [1.29, 1.82) is 0 Å². The highest BCUT2D eigenvalue weighted by atomic mass is 32.1. The molecule has 4 N–H and O–H groups in total. The van der Waals surface area contributed by atoms with Gasteiger partial charge >= 0.3 is 6.03 Å². The maximum absolute atomic E-state index is 12.3. The van der Waals surface area contributed by atoms with Gasteiger partial charge in [-0.1, -0.05) is 48.1 Å². The lowest BCUT2D eigenvalue weighted by molar-refractivity contribution is 0.145. The van der Waals surface area contributed by atoms with E-state index in [9.17, 15) is 9.90 Å². The van der Waals surface area contributed by atoms with Crippen LogP contribution in [-0.4, -0.2) is 90.4 Å². The van der Waals surface area contributed by atoms with Crippen LogP contribution in [0.4, 0.5) is 10.6 Å². The van der Waals surface area contributed by atoms with Gasteiger partial charge in [0.1, 0.15) is 12.1 Å². The van der Waals surface area contributed by atoms with Gasteiger partial charge in [-0.05, 0) is 37.1 Å². The van der Waals surface area contributed by atoms with Gasteiger partial charge in [0.25, 0.3) is 0 Å². The molecule has 0 radical (unpaired) electrons. The van der Waals surface area contributed by atoms with Gasteiger partial charge in [-0.25, -0.2) is 14.8 Å². The van der Waals surface area contributed by atoms with E-state index in [0.717, 1.165) is 73.7 Å². The third kappa shape index (κ3) is 6.83. The quantitative estimate of drug-likeness (QED) is 0.288. The molecule has 9 nitrogen and oxygen atoms in total. The number of rotatable bonds is 10. The number of nitrogens with zero attached hydrogens (tertiary/aromatic N) is 4. The Balaban J connectivity index is 1.20. The van der Waals surface area contributed by atoms with Gasteiger partial charge < -0.3 is 26.0 Å². The predicted octanol–water partition coefficient (Wildman–Crippen LogP) is 3.49. The molecule has 39 heavy (non-hydrogen) atoms. The smallest absolute Gasteiger partial charge is 0.317 e. The minimum atomic E-state index is -0.233. The lowest BCUT2D eigenvalue weighted by Gasteiger charge is -2.35. The van der Waals surface area contributed by atoms with Crippen molar-refractivity contribution in [3.05, 3.63) is 70.9 Å². The number of nitrogens with one attached hydrogen (secondary N) is 3. The predicted molar refractivity (Wildman–Crippen MR) is 158 cm³/mol. The molecule has 1 saturated heterocycles. The lowest BCUT2D eigenvalue weighted by Crippen LogP contribution is -2.52. The Hall–Kier alpha value is -3.31. The molecule has 0 saturated carbocycles. The summed E-state index contributed by atoms with van der Waals surface area (Å²) in [5, 5.41) is 19.4. The number of amides is 2. The van der Waals surface area contributed by atoms with Crippen LogP contribution in [0.1, 0.15) is 29.3 Å². The summed E-state index contributed by atoms with van der Waals surface area (Å²) >= 11 is 1.70. The van der Waals surface area contributed by atoms with Gasteiger partial charge in [0.2, 0.25) is 0 Å². The number of allylic oxidation sites excluding steroid dienone is 3. The van der Waals surface area contributed by atoms with Crippen molar-refractivity contribution in [1.82, 2.24) is 30.4 Å². The summed E-state index contributed by atoms with van der Waals surface area (Å²) in [6.07, 6.45) is 8.12. The SMILES string of the molecule is CNCCNC(=O)N1CCN(CC2=CC=C(c3cc4ncnc(NC(CO)c5ccccc5)c4s3)CC2)CC1. The van der Waals surface area contributed by atoms with Crippen molar-refractivity contribution in [3.63, 3.8) is 0 Å². The Morgan fingerprint density at radius 3 is 2.62 bits per heavy atom. The molecule has 2 aromatic heterocycles. The molecule has 10 heteroatoms. The van der Waals surface area contributed by atoms with Crippen LogP contribution in [0.3, 0.4) is 0 Å². The van der Waals surface area contributed by atoms with Gasteiger partial charge in [-0.15, -0.1) is 11.3 Å². The maximum atomic E-state index is 12.3. The first-order valence-corrected chi connectivity index (χ1v) is 14.4. The average Bonchev–Trinajstić information content (AvgIpc) is 3.42. The number of hydrogen-bond donors (Lipinski definition) is 4. The molecule has 1 aliphatic carbocycles. The number of aliphatic hydroxyl groups is 1. The van der Waals surface area contributed by atoms with E-state index < -0.39 is 0 Å². The largest absolute Gasteiger partial charge is 0.394 e. The van der Waals surface area contributed by atoms with Gasteiger partial charge in [0.15, 0.2) is 0 Å². The number of fused-ring (bicyclic) bond motifs is 1. The summed E-state index contributed by atoms with van der Waals surface area (Å²) in [4.78, 5) is 26.9. The highest BCUT2D eigenvalue weighted by Crippen LogP contribution is 2.37. The Bertz CT molecular complexity index is 1320. The summed E-state index contributed by atoms with van der Waals surface area (Å²) in [6.45, 7) is 5.68. The minimum Gasteiger partial charge on any atom is -0.394 e. The summed E-state index contributed by atoms with van der Waals surface area (Å²) in [7, 11) is 1.88. The minimum absolute atomic E-state index is 0.0224. The zero-order valence-electron chi connectivity index (χ0n) is 22.4. The summed E-state index contributed by atoms with van der Waals surface area (Å²) < 4.78 is 1.01. The molecule has 1 unspecified atom stereocenters. The van der Waals surface area contributed by atoms with Crippen LogP contribution in [0.5, 0.6) is 0 Å². The zero-order chi connectivity index (χ0) is 27.0. The Labute approximate surface area is 233 Å². The number of carbonyl (C=O) groups is 1. The summed E-state index contributed by atoms with van der Waals surface area (Å²) in [6, 6.07) is 11.9.